The van der Waals surface area contributed by atoms with Gasteiger partial charge < -0.3 is 15.4 Å². The van der Waals surface area contributed by atoms with Gasteiger partial charge in [-0.15, -0.1) is 11.3 Å². The smallest absolute Gasteiger partial charge is 0.191 e. The topological polar surface area (TPSA) is 58.5 Å². The van der Waals surface area contributed by atoms with E-state index in [1.54, 1.807) is 11.3 Å². The van der Waals surface area contributed by atoms with Gasteiger partial charge >= 0.3 is 0 Å². The Morgan fingerprint density at radius 1 is 1.29 bits per heavy atom. The van der Waals surface area contributed by atoms with Crippen LogP contribution in [0, 0.1) is 5.92 Å². The summed E-state index contributed by atoms with van der Waals surface area (Å²) in [5, 5.41) is 10.1. The van der Waals surface area contributed by atoms with E-state index in [1.165, 1.54) is 5.56 Å². The van der Waals surface area contributed by atoms with Crippen LogP contribution < -0.4 is 10.6 Å². The van der Waals surface area contributed by atoms with Crippen molar-refractivity contribution >= 4 is 17.3 Å². The second-order valence-corrected chi connectivity index (χ2v) is 8.44. The molecule has 1 aromatic carbocycles. The summed E-state index contributed by atoms with van der Waals surface area (Å²) >= 11 is 1.69. The van der Waals surface area contributed by atoms with E-state index in [-0.39, 0.29) is 6.10 Å². The molecule has 28 heavy (non-hydrogen) atoms. The third kappa shape index (κ3) is 5.79. The second-order valence-electron chi connectivity index (χ2n) is 7.50. The standard InChI is InChI=1S/C22H32N4OS/c1-4-23-22(25-14-20-26-19(15-28-20)16(2)3)24-13-18-11-8-12-27-21(18)17-9-6-5-7-10-17/h5-7,9-10,15-16,18,21H,4,8,11-14H2,1-3H3,(H2,23,24,25). The maximum absolute atomic E-state index is 6.11. The molecule has 0 aliphatic carbocycles. The van der Waals surface area contributed by atoms with E-state index in [4.69, 9.17) is 9.73 Å². The quantitative estimate of drug-likeness (QED) is 0.531. The van der Waals surface area contributed by atoms with Gasteiger partial charge in [-0.05, 0) is 31.2 Å². The van der Waals surface area contributed by atoms with E-state index in [0.29, 0.717) is 18.4 Å². The molecule has 1 fully saturated rings. The molecule has 0 spiro atoms. The lowest BCUT2D eigenvalue weighted by Crippen LogP contribution is -2.42. The maximum Gasteiger partial charge on any atom is 0.191 e. The van der Waals surface area contributed by atoms with Gasteiger partial charge in [-0.1, -0.05) is 44.2 Å². The molecule has 1 aliphatic rings. The van der Waals surface area contributed by atoms with Gasteiger partial charge in [-0.3, -0.25) is 0 Å². The zero-order valence-corrected chi connectivity index (χ0v) is 18.0. The first-order valence-electron chi connectivity index (χ1n) is 10.3. The lowest BCUT2D eigenvalue weighted by molar-refractivity contribution is -0.0265. The summed E-state index contributed by atoms with van der Waals surface area (Å²) in [5.41, 5.74) is 2.41. The number of benzene rings is 1. The molecular weight excluding hydrogens is 368 g/mol. The lowest BCUT2D eigenvalue weighted by Gasteiger charge is -2.32. The molecule has 0 amide bonds. The molecule has 0 saturated carbocycles. The predicted octanol–water partition coefficient (Wildman–Crippen LogP) is 4.49. The van der Waals surface area contributed by atoms with Crippen molar-refractivity contribution in [3.63, 3.8) is 0 Å². The number of guanidine groups is 1. The molecule has 2 heterocycles. The summed E-state index contributed by atoms with van der Waals surface area (Å²) in [6, 6.07) is 10.6. The van der Waals surface area contributed by atoms with Gasteiger partial charge in [0.15, 0.2) is 5.96 Å². The molecule has 3 rings (SSSR count). The molecule has 1 aliphatic heterocycles. The van der Waals surface area contributed by atoms with Gasteiger partial charge in [-0.25, -0.2) is 9.98 Å². The van der Waals surface area contributed by atoms with Crippen LogP contribution in [-0.4, -0.2) is 30.6 Å². The number of hydrogen-bond acceptors (Lipinski definition) is 4. The highest BCUT2D eigenvalue weighted by atomic mass is 32.1. The van der Waals surface area contributed by atoms with E-state index < -0.39 is 0 Å². The molecule has 0 bridgehead atoms. The number of ether oxygens (including phenoxy) is 1. The zero-order valence-electron chi connectivity index (χ0n) is 17.1. The number of hydrogen-bond donors (Lipinski definition) is 2. The number of rotatable bonds is 7. The molecule has 2 N–H and O–H groups in total. The SMILES string of the molecule is CCNC(=NCc1nc(C(C)C)cs1)NCC1CCCOC1c1ccccc1. The maximum atomic E-state index is 6.11. The van der Waals surface area contributed by atoms with Crippen molar-refractivity contribution in [1.29, 1.82) is 0 Å². The second kappa shape index (κ2) is 10.6. The van der Waals surface area contributed by atoms with Crippen molar-refractivity contribution in [2.24, 2.45) is 10.9 Å². The van der Waals surface area contributed by atoms with Crippen molar-refractivity contribution < 1.29 is 4.74 Å². The molecular formula is C22H32N4OS. The van der Waals surface area contributed by atoms with Crippen molar-refractivity contribution in [2.45, 2.75) is 52.2 Å². The van der Waals surface area contributed by atoms with Crippen LogP contribution in [0.1, 0.15) is 61.9 Å². The number of nitrogens with zero attached hydrogens (tertiary/aromatic N) is 2. The Bertz CT molecular complexity index is 744. The fourth-order valence-electron chi connectivity index (χ4n) is 3.44. The van der Waals surface area contributed by atoms with Gasteiger partial charge in [0.05, 0.1) is 18.3 Å². The number of aromatic nitrogens is 1. The average Bonchev–Trinajstić information content (AvgIpc) is 3.20. The van der Waals surface area contributed by atoms with Crippen LogP contribution >= 0.6 is 11.3 Å². The summed E-state index contributed by atoms with van der Waals surface area (Å²) < 4.78 is 6.11. The Labute approximate surface area is 172 Å². The van der Waals surface area contributed by atoms with E-state index in [0.717, 1.165) is 49.2 Å². The lowest BCUT2D eigenvalue weighted by atomic mass is 9.89. The number of nitrogens with one attached hydrogen (secondary N) is 2. The van der Waals surface area contributed by atoms with E-state index in [9.17, 15) is 0 Å². The molecule has 5 nitrogen and oxygen atoms in total. The molecule has 2 unspecified atom stereocenters. The third-order valence-corrected chi connectivity index (χ3v) is 5.83. The highest BCUT2D eigenvalue weighted by molar-refractivity contribution is 7.09. The molecule has 2 aromatic rings. The van der Waals surface area contributed by atoms with E-state index >= 15 is 0 Å². The van der Waals surface area contributed by atoms with E-state index in [1.807, 2.05) is 0 Å². The highest BCUT2D eigenvalue weighted by Crippen LogP contribution is 2.33. The van der Waals surface area contributed by atoms with Crippen LogP contribution in [0.25, 0.3) is 0 Å². The van der Waals surface area contributed by atoms with Crippen molar-refractivity contribution in [3.05, 3.63) is 52.0 Å². The largest absolute Gasteiger partial charge is 0.373 e. The summed E-state index contributed by atoms with van der Waals surface area (Å²) in [4.78, 5) is 9.42. The van der Waals surface area contributed by atoms with Crippen LogP contribution in [-0.2, 0) is 11.3 Å². The van der Waals surface area contributed by atoms with Gasteiger partial charge in [0, 0.05) is 31.0 Å². The van der Waals surface area contributed by atoms with Gasteiger partial charge in [-0.2, -0.15) is 0 Å². The van der Waals surface area contributed by atoms with Crippen molar-refractivity contribution in [3.8, 4) is 0 Å². The molecule has 1 aromatic heterocycles. The molecule has 152 valence electrons. The minimum Gasteiger partial charge on any atom is -0.373 e. The Kier molecular flexibility index (Phi) is 7.86. The summed E-state index contributed by atoms with van der Waals surface area (Å²) in [6.07, 6.45) is 2.43. The Balaban J connectivity index is 1.61. The zero-order chi connectivity index (χ0) is 19.8. The van der Waals surface area contributed by atoms with Crippen LogP contribution in [0.4, 0.5) is 0 Å². The summed E-state index contributed by atoms with van der Waals surface area (Å²) in [6.45, 7) is 9.56. The monoisotopic (exact) mass is 400 g/mol. The first-order chi connectivity index (χ1) is 13.7. The number of aliphatic imine (C=N–C) groups is 1. The normalized spacial score (nSPS) is 20.4. The fraction of sp³-hybridized carbons (Fsp3) is 0.545. The Hall–Kier alpha value is -1.92. The van der Waals surface area contributed by atoms with Crippen LogP contribution in [0.2, 0.25) is 0 Å². The molecule has 6 heteroatoms. The minimum atomic E-state index is 0.151. The van der Waals surface area contributed by atoms with E-state index in [2.05, 4.69) is 72.1 Å². The molecule has 0 radical (unpaired) electrons. The Morgan fingerprint density at radius 2 is 2.11 bits per heavy atom. The molecule has 1 saturated heterocycles. The van der Waals surface area contributed by atoms with Crippen LogP contribution in [0.3, 0.4) is 0 Å². The summed E-state index contributed by atoms with van der Waals surface area (Å²) in [7, 11) is 0. The van der Waals surface area contributed by atoms with Crippen molar-refractivity contribution in [2.75, 3.05) is 19.7 Å². The molecule has 2 atom stereocenters. The van der Waals surface area contributed by atoms with Gasteiger partial charge in [0.25, 0.3) is 0 Å². The minimum absolute atomic E-state index is 0.151. The van der Waals surface area contributed by atoms with Gasteiger partial charge in [0.2, 0.25) is 0 Å². The van der Waals surface area contributed by atoms with Crippen molar-refractivity contribution in [1.82, 2.24) is 15.6 Å². The average molecular weight is 401 g/mol. The van der Waals surface area contributed by atoms with Crippen LogP contribution in [0.5, 0.6) is 0 Å². The highest BCUT2D eigenvalue weighted by Gasteiger charge is 2.27. The van der Waals surface area contributed by atoms with Crippen LogP contribution in [0.15, 0.2) is 40.7 Å². The summed E-state index contributed by atoms with van der Waals surface area (Å²) in [5.74, 6) is 1.75. The fourth-order valence-corrected chi connectivity index (χ4v) is 4.32. The Morgan fingerprint density at radius 3 is 2.82 bits per heavy atom. The first-order valence-corrected chi connectivity index (χ1v) is 11.2. The predicted molar refractivity (Wildman–Crippen MR) is 117 cm³/mol. The first kappa shape index (κ1) is 20.8. The number of thiazole rings is 1. The van der Waals surface area contributed by atoms with Gasteiger partial charge in [0.1, 0.15) is 5.01 Å². The third-order valence-electron chi connectivity index (χ3n) is 4.98.